The number of hydrogen-bond acceptors (Lipinski definition) is 5. The summed E-state index contributed by atoms with van der Waals surface area (Å²) in [5, 5.41) is 16.8. The van der Waals surface area contributed by atoms with Crippen LogP contribution in [0.2, 0.25) is 0 Å². The Morgan fingerprint density at radius 1 is 1.08 bits per heavy atom. The molecule has 0 saturated carbocycles. The molecule has 0 rings (SSSR count). The fourth-order valence-electron chi connectivity index (χ4n) is 0.175. The highest BCUT2D eigenvalue weighted by Gasteiger charge is 1.99. The smallest absolute Gasteiger partial charge is 0.361 e. The van der Waals surface area contributed by atoms with Gasteiger partial charge < -0.3 is 31.2 Å². The predicted molar refractivity (Wildman–Crippen MR) is 40.1 cm³/mol. The second kappa shape index (κ2) is 7.32. The largest absolute Gasteiger partial charge is 0.476 e. The van der Waals surface area contributed by atoms with E-state index in [1.807, 2.05) is 0 Å². The van der Waals surface area contributed by atoms with Gasteiger partial charge in [0.25, 0.3) is 0 Å². The zero-order valence-electron chi connectivity index (χ0n) is 6.77. The summed E-state index contributed by atoms with van der Waals surface area (Å²) in [6, 6.07) is -0.833. The van der Waals surface area contributed by atoms with Crippen LogP contribution in [0.5, 0.6) is 0 Å². The van der Waals surface area contributed by atoms with Gasteiger partial charge in [0.2, 0.25) is 0 Å². The van der Waals surface area contributed by atoms with Crippen molar-refractivity contribution in [2.24, 2.45) is 11.5 Å². The highest BCUT2D eigenvalue weighted by Crippen LogP contribution is 1.95. The molecule has 2 amide bonds. The first-order valence-corrected chi connectivity index (χ1v) is 2.70. The Morgan fingerprint density at radius 3 is 1.33 bits per heavy atom. The van der Waals surface area contributed by atoms with Crippen LogP contribution in [0.1, 0.15) is 0 Å². The van der Waals surface area contributed by atoms with Crippen LogP contribution in [-0.2, 0) is 9.47 Å². The van der Waals surface area contributed by atoms with Gasteiger partial charge in [0.1, 0.15) is 0 Å². The van der Waals surface area contributed by atoms with Crippen molar-refractivity contribution in [1.29, 1.82) is 0 Å². The van der Waals surface area contributed by atoms with E-state index in [4.69, 9.17) is 15.0 Å². The van der Waals surface area contributed by atoms with E-state index >= 15 is 0 Å². The van der Waals surface area contributed by atoms with E-state index < -0.39 is 17.9 Å². The molecule has 0 spiro atoms. The van der Waals surface area contributed by atoms with Gasteiger partial charge in [-0.05, 0) is 0 Å². The van der Waals surface area contributed by atoms with Gasteiger partial charge in [-0.1, -0.05) is 0 Å². The predicted octanol–water partition coefficient (Wildman–Crippen LogP) is -0.454. The van der Waals surface area contributed by atoms with Crippen molar-refractivity contribution in [2.75, 3.05) is 14.2 Å². The van der Waals surface area contributed by atoms with Gasteiger partial charge in [-0.25, -0.2) is 4.79 Å². The lowest BCUT2D eigenvalue weighted by molar-refractivity contribution is 0.0429. The maximum atomic E-state index is 9.00. The number of carbonyl (C=O) groups is 1. The van der Waals surface area contributed by atoms with Crippen LogP contribution in [-0.4, -0.2) is 30.5 Å². The molecular formula is C5H12N2O5. The molecule has 0 aromatic carbocycles. The highest BCUT2D eigenvalue weighted by molar-refractivity contribution is 5.69. The lowest BCUT2D eigenvalue weighted by atomic mass is 10.9. The van der Waals surface area contributed by atoms with Gasteiger partial charge in [-0.2, -0.15) is 0 Å². The number of hydrogen-bond donors (Lipinski definition) is 4. The molecule has 7 nitrogen and oxygen atoms in total. The number of aliphatic hydroxyl groups is 2. The van der Waals surface area contributed by atoms with E-state index in [0.29, 0.717) is 0 Å². The number of urea groups is 1. The Morgan fingerprint density at radius 2 is 1.25 bits per heavy atom. The van der Waals surface area contributed by atoms with Crippen molar-refractivity contribution in [2.45, 2.75) is 0 Å². The summed E-state index contributed by atoms with van der Waals surface area (Å²) in [5.74, 6) is -1.24. The molecule has 0 saturated heterocycles. The third kappa shape index (κ3) is 11.1. The third-order valence-electron chi connectivity index (χ3n) is 0.570. The molecule has 0 unspecified atom stereocenters. The van der Waals surface area contributed by atoms with Gasteiger partial charge in [-0.3, -0.25) is 0 Å². The summed E-state index contributed by atoms with van der Waals surface area (Å²) in [4.78, 5) is 9.00. The van der Waals surface area contributed by atoms with E-state index in [2.05, 4.69) is 20.9 Å². The molecule has 0 atom stereocenters. The first-order chi connectivity index (χ1) is 5.45. The van der Waals surface area contributed by atoms with Crippen LogP contribution in [0.3, 0.4) is 0 Å². The summed E-state index contributed by atoms with van der Waals surface area (Å²) < 4.78 is 8.33. The first kappa shape index (κ1) is 12.8. The Hall–Kier alpha value is -1.79. The minimum atomic E-state index is -0.833. The second-order valence-electron chi connectivity index (χ2n) is 1.42. The Labute approximate surface area is 69.2 Å². The average molecular weight is 180 g/mol. The molecule has 0 bridgehead atoms. The molecule has 0 aromatic rings. The van der Waals surface area contributed by atoms with Crippen LogP contribution in [0.4, 0.5) is 4.79 Å². The molecule has 6 N–H and O–H groups in total. The number of amides is 2. The fourth-order valence-corrected chi connectivity index (χ4v) is 0.175. The second-order valence-corrected chi connectivity index (χ2v) is 1.42. The maximum absolute atomic E-state index is 9.00. The average Bonchev–Trinajstić information content (AvgIpc) is 2.00. The van der Waals surface area contributed by atoms with E-state index in [-0.39, 0.29) is 0 Å². The molecule has 0 fully saturated rings. The van der Waals surface area contributed by atoms with E-state index in [0.717, 1.165) is 0 Å². The van der Waals surface area contributed by atoms with Gasteiger partial charge >= 0.3 is 17.9 Å². The summed E-state index contributed by atoms with van der Waals surface area (Å²) in [6.45, 7) is 0. The van der Waals surface area contributed by atoms with Crippen LogP contribution in [0.15, 0.2) is 11.9 Å². The van der Waals surface area contributed by atoms with Crippen LogP contribution in [0.25, 0.3) is 0 Å². The molecular weight excluding hydrogens is 168 g/mol. The minimum Gasteiger partial charge on any atom is -0.476 e. The number of nitrogens with two attached hydrogens (primary N) is 2. The van der Waals surface area contributed by atoms with Gasteiger partial charge in [0, 0.05) is 0 Å². The van der Waals surface area contributed by atoms with Crippen LogP contribution in [0, 0.1) is 0 Å². The quantitative estimate of drug-likeness (QED) is 0.427. The van der Waals surface area contributed by atoms with E-state index in [9.17, 15) is 0 Å². The van der Waals surface area contributed by atoms with Gasteiger partial charge in [0.05, 0.1) is 14.2 Å². The van der Waals surface area contributed by atoms with Crippen molar-refractivity contribution in [3.63, 3.8) is 0 Å². The van der Waals surface area contributed by atoms with Gasteiger partial charge in [-0.15, -0.1) is 0 Å². The third-order valence-corrected chi connectivity index (χ3v) is 0.570. The molecule has 0 aliphatic heterocycles. The number of methoxy groups -OCH3 is 2. The van der Waals surface area contributed by atoms with E-state index in [1.54, 1.807) is 0 Å². The molecule has 12 heavy (non-hydrogen) atoms. The topological polar surface area (TPSA) is 128 Å². The molecule has 0 aromatic heterocycles. The van der Waals surface area contributed by atoms with Gasteiger partial charge in [0.15, 0.2) is 0 Å². The zero-order valence-corrected chi connectivity index (χ0v) is 6.77. The summed E-state index contributed by atoms with van der Waals surface area (Å²) >= 11 is 0. The Balaban J connectivity index is 0. The van der Waals surface area contributed by atoms with Crippen molar-refractivity contribution < 1.29 is 24.5 Å². The summed E-state index contributed by atoms with van der Waals surface area (Å²) in [7, 11) is 2.43. The molecule has 0 aliphatic rings. The number of aliphatic hydroxyl groups excluding tert-OH is 2. The number of ether oxygens (including phenoxy) is 2. The summed E-state index contributed by atoms with van der Waals surface area (Å²) in [5.41, 5.74) is 8.50. The number of rotatable bonds is 2. The van der Waals surface area contributed by atoms with Crippen LogP contribution < -0.4 is 11.5 Å². The Kier molecular flexibility index (Phi) is 7.84. The van der Waals surface area contributed by atoms with Crippen molar-refractivity contribution in [3.8, 4) is 0 Å². The lowest BCUT2D eigenvalue weighted by Crippen LogP contribution is -2.18. The Bertz CT molecular complexity index is 151. The fraction of sp³-hybridized carbons (Fsp3) is 0.400. The monoisotopic (exact) mass is 180 g/mol. The van der Waals surface area contributed by atoms with Crippen molar-refractivity contribution in [1.82, 2.24) is 0 Å². The van der Waals surface area contributed by atoms with Crippen LogP contribution >= 0.6 is 0 Å². The lowest BCUT2D eigenvalue weighted by Gasteiger charge is -1.98. The first-order valence-electron chi connectivity index (χ1n) is 2.70. The normalized spacial score (nSPS) is 10.2. The molecule has 72 valence electrons. The van der Waals surface area contributed by atoms with Crippen molar-refractivity contribution in [3.05, 3.63) is 11.9 Å². The molecule has 0 radical (unpaired) electrons. The molecule has 0 heterocycles. The number of primary amides is 2. The minimum absolute atomic E-state index is 0.618. The molecule has 0 aliphatic carbocycles. The highest BCUT2D eigenvalue weighted by atomic mass is 16.6. The standard InChI is InChI=1S/C4H8O4.CH4N2O/c1-7-3(5)4(6)8-2;2-1(3)4/h5-6H,1-2H3;(H4,2,3,4). The zero-order chi connectivity index (χ0) is 10.1. The SMILES string of the molecule is COC(O)=C(O)OC.NC(N)=O. The maximum Gasteiger partial charge on any atom is 0.361 e. The molecule has 7 heteroatoms. The number of carbonyl (C=O) groups excluding carboxylic acids is 1. The summed E-state index contributed by atoms with van der Waals surface area (Å²) in [6.07, 6.45) is 0. The van der Waals surface area contributed by atoms with E-state index in [1.165, 1.54) is 14.2 Å². The van der Waals surface area contributed by atoms with Crippen molar-refractivity contribution >= 4 is 6.03 Å².